The third-order valence-electron chi connectivity index (χ3n) is 5.19. The van der Waals surface area contributed by atoms with Gasteiger partial charge >= 0.3 is 11.9 Å². The second-order valence-electron chi connectivity index (χ2n) is 7.74. The average molecular weight is 472 g/mol. The van der Waals surface area contributed by atoms with Crippen LogP contribution in [0.3, 0.4) is 0 Å². The molecule has 2 rings (SSSR count). The monoisotopic (exact) mass is 472 g/mol. The molecule has 0 bridgehead atoms. The van der Waals surface area contributed by atoms with Gasteiger partial charge in [-0.25, -0.2) is 23.1 Å². The maximum Gasteiger partial charge on any atom is 0.328 e. The molecule has 2 atom stereocenters. The van der Waals surface area contributed by atoms with Gasteiger partial charge < -0.3 is 14.4 Å². The molecule has 1 aliphatic heterocycles. The maximum absolute atomic E-state index is 14.5. The van der Waals surface area contributed by atoms with Crippen molar-refractivity contribution in [1.29, 1.82) is 0 Å². The Balaban J connectivity index is 2.05. The zero-order valence-electron chi connectivity index (χ0n) is 19.1. The van der Waals surface area contributed by atoms with Crippen LogP contribution in [0, 0.1) is 0 Å². The minimum absolute atomic E-state index is 0.00958. The predicted octanol–water partition coefficient (Wildman–Crippen LogP) is 2.16. The quantitative estimate of drug-likeness (QED) is 0.335. The van der Waals surface area contributed by atoms with Gasteiger partial charge in [-0.3, -0.25) is 9.59 Å². The van der Waals surface area contributed by atoms with Crippen LogP contribution in [0.2, 0.25) is 0 Å². The first-order valence-electron chi connectivity index (χ1n) is 11.1. The van der Waals surface area contributed by atoms with Crippen molar-refractivity contribution in [2.75, 3.05) is 13.2 Å². The molecular formula is C21H30F2N4O6. The maximum atomic E-state index is 14.5. The number of amides is 1. The van der Waals surface area contributed by atoms with Crippen LogP contribution in [0.1, 0.15) is 69.8 Å². The lowest BCUT2D eigenvalue weighted by atomic mass is 10.1. The second-order valence-corrected chi connectivity index (χ2v) is 7.74. The molecule has 1 aromatic rings. The molecular weight excluding hydrogens is 442 g/mol. The van der Waals surface area contributed by atoms with Crippen LogP contribution in [0.5, 0.6) is 0 Å². The van der Waals surface area contributed by atoms with E-state index in [-0.39, 0.29) is 44.0 Å². The Kier molecular flexibility index (Phi) is 9.42. The molecule has 184 valence electrons. The zero-order valence-corrected chi connectivity index (χ0v) is 19.1. The first kappa shape index (κ1) is 26.3. The van der Waals surface area contributed by atoms with Gasteiger partial charge in [0.15, 0.2) is 5.78 Å². The zero-order chi connectivity index (χ0) is 24.6. The Morgan fingerprint density at radius 3 is 2.12 bits per heavy atom. The lowest BCUT2D eigenvalue weighted by Crippen LogP contribution is -2.49. The van der Waals surface area contributed by atoms with Crippen LogP contribution >= 0.6 is 0 Å². The summed E-state index contributed by atoms with van der Waals surface area (Å²) in [5.74, 6) is -5.76. The Labute approximate surface area is 190 Å². The van der Waals surface area contributed by atoms with E-state index in [1.54, 1.807) is 13.8 Å². The van der Waals surface area contributed by atoms with Crippen LogP contribution in [0.15, 0.2) is 6.20 Å². The van der Waals surface area contributed by atoms with Crippen molar-refractivity contribution in [2.24, 2.45) is 0 Å². The molecule has 0 aliphatic carbocycles. The van der Waals surface area contributed by atoms with Gasteiger partial charge in [-0.05, 0) is 33.1 Å². The normalized spacial score (nSPS) is 18.3. The highest BCUT2D eigenvalue weighted by molar-refractivity contribution is 5.93. The molecule has 1 aromatic heterocycles. The molecule has 0 saturated carbocycles. The fraction of sp³-hybridized carbons (Fsp3) is 0.714. The summed E-state index contributed by atoms with van der Waals surface area (Å²) >= 11 is 0. The summed E-state index contributed by atoms with van der Waals surface area (Å²) in [6, 6.07) is -2.05. The largest absolute Gasteiger partial charge is 0.464 e. The number of rotatable bonds is 12. The van der Waals surface area contributed by atoms with Gasteiger partial charge in [-0.15, -0.1) is 5.10 Å². The highest BCUT2D eigenvalue weighted by atomic mass is 19.3. The van der Waals surface area contributed by atoms with Crippen LogP contribution in [-0.2, 0) is 30.4 Å². The van der Waals surface area contributed by atoms with Crippen molar-refractivity contribution >= 4 is 23.6 Å². The number of hydrogen-bond donors (Lipinski definition) is 0. The Morgan fingerprint density at radius 2 is 1.61 bits per heavy atom. The number of hydrogen-bond acceptors (Lipinski definition) is 8. The molecule has 0 spiro atoms. The third-order valence-corrected chi connectivity index (χ3v) is 5.19. The van der Waals surface area contributed by atoms with Crippen LogP contribution in [-0.4, -0.2) is 74.7 Å². The number of likely N-dealkylation sites (tertiary alicyclic amines) is 1. The summed E-state index contributed by atoms with van der Waals surface area (Å²) in [4.78, 5) is 50.2. The molecule has 10 nitrogen and oxygen atoms in total. The van der Waals surface area contributed by atoms with E-state index in [1.807, 2.05) is 6.92 Å². The number of Topliss-reactive ketones (excluding diaryl/α,β-unsaturated/α-hetero) is 1. The fourth-order valence-electron chi connectivity index (χ4n) is 3.69. The molecule has 1 aliphatic rings. The van der Waals surface area contributed by atoms with Gasteiger partial charge in [0.25, 0.3) is 5.92 Å². The van der Waals surface area contributed by atoms with E-state index in [9.17, 15) is 28.0 Å². The van der Waals surface area contributed by atoms with Crippen LogP contribution in [0.4, 0.5) is 8.78 Å². The summed E-state index contributed by atoms with van der Waals surface area (Å²) in [5, 5.41) is 7.19. The predicted molar refractivity (Wildman–Crippen MR) is 110 cm³/mol. The van der Waals surface area contributed by atoms with Crippen molar-refractivity contribution in [3.8, 4) is 0 Å². The van der Waals surface area contributed by atoms with Gasteiger partial charge in [0.2, 0.25) is 5.91 Å². The molecule has 0 aromatic carbocycles. The number of nitrogens with zero attached hydrogens (tertiary/aromatic N) is 4. The smallest absolute Gasteiger partial charge is 0.328 e. The van der Waals surface area contributed by atoms with Gasteiger partial charge in [0.05, 0.1) is 19.4 Å². The summed E-state index contributed by atoms with van der Waals surface area (Å²) in [6.07, 6.45) is 0.904. The van der Waals surface area contributed by atoms with E-state index < -0.39 is 55.2 Å². The summed E-state index contributed by atoms with van der Waals surface area (Å²) < 4.78 is 39.9. The number of carbonyl (C=O) groups excluding carboxylic acids is 4. The fourth-order valence-corrected chi connectivity index (χ4v) is 3.69. The van der Waals surface area contributed by atoms with E-state index in [2.05, 4.69) is 10.3 Å². The minimum Gasteiger partial charge on any atom is -0.464 e. The summed E-state index contributed by atoms with van der Waals surface area (Å²) in [5.41, 5.74) is 0.00958. The van der Waals surface area contributed by atoms with Gasteiger partial charge in [0, 0.05) is 19.3 Å². The number of alkyl halides is 2. The first-order chi connectivity index (χ1) is 15.6. The molecule has 2 heterocycles. The molecule has 2 unspecified atom stereocenters. The molecule has 1 amide bonds. The van der Waals surface area contributed by atoms with Crippen molar-refractivity contribution in [3.63, 3.8) is 0 Å². The van der Waals surface area contributed by atoms with Gasteiger partial charge in [-0.2, -0.15) is 0 Å². The second kappa shape index (κ2) is 11.8. The molecule has 33 heavy (non-hydrogen) atoms. The van der Waals surface area contributed by atoms with E-state index >= 15 is 0 Å². The first-order valence-corrected chi connectivity index (χ1v) is 11.1. The number of aromatic nitrogens is 3. The van der Waals surface area contributed by atoms with Gasteiger partial charge in [-0.1, -0.05) is 12.1 Å². The van der Waals surface area contributed by atoms with E-state index in [0.29, 0.717) is 6.42 Å². The van der Waals surface area contributed by atoms with Crippen molar-refractivity contribution in [2.45, 2.75) is 83.8 Å². The van der Waals surface area contributed by atoms with E-state index in [0.717, 1.165) is 15.8 Å². The number of ketones is 1. The molecule has 12 heteroatoms. The number of ether oxygens (including phenoxy) is 2. The van der Waals surface area contributed by atoms with Gasteiger partial charge in [0.1, 0.15) is 24.3 Å². The van der Waals surface area contributed by atoms with Crippen LogP contribution < -0.4 is 0 Å². The highest BCUT2D eigenvalue weighted by Gasteiger charge is 2.46. The number of esters is 2. The summed E-state index contributed by atoms with van der Waals surface area (Å²) in [7, 11) is 0. The summed E-state index contributed by atoms with van der Waals surface area (Å²) in [6.45, 7) is 4.32. The molecule has 0 N–H and O–H groups in total. The van der Waals surface area contributed by atoms with Crippen molar-refractivity contribution in [1.82, 2.24) is 19.9 Å². The van der Waals surface area contributed by atoms with Crippen molar-refractivity contribution < 1.29 is 37.4 Å². The molecule has 0 radical (unpaired) electrons. The number of carbonyl (C=O) groups is 4. The lowest BCUT2D eigenvalue weighted by Gasteiger charge is -2.28. The highest BCUT2D eigenvalue weighted by Crippen LogP contribution is 2.30. The van der Waals surface area contributed by atoms with E-state index in [4.69, 9.17) is 9.47 Å². The Bertz CT molecular complexity index is 834. The average Bonchev–Trinajstić information content (AvgIpc) is 3.40. The topological polar surface area (TPSA) is 121 Å². The lowest BCUT2D eigenvalue weighted by molar-refractivity contribution is -0.160. The van der Waals surface area contributed by atoms with Crippen molar-refractivity contribution in [3.05, 3.63) is 11.9 Å². The Morgan fingerprint density at radius 1 is 1.03 bits per heavy atom. The molecule has 1 saturated heterocycles. The number of halogens is 2. The van der Waals surface area contributed by atoms with E-state index in [1.165, 1.54) is 0 Å². The van der Waals surface area contributed by atoms with Crippen LogP contribution in [0.25, 0.3) is 0 Å². The SMILES string of the molecule is CCCC(=O)c1cn(CC(F)(F)CCC(=O)N2C(C(=O)OCC)CCC2C(=O)OCC)nn1. The minimum atomic E-state index is -3.34. The standard InChI is InChI=1S/C21H30F2N4O6/c1-4-7-17(28)14-12-26(25-24-14)13-21(22,23)11-10-18(29)27-15(19(30)32-5-2)8-9-16(27)20(31)33-6-3/h12,15-16H,4-11,13H2,1-3H3. The third kappa shape index (κ3) is 7.03. The molecule has 1 fully saturated rings. The Hall–Kier alpha value is -2.92.